The summed E-state index contributed by atoms with van der Waals surface area (Å²) >= 11 is 1.50. The minimum Gasteiger partial charge on any atom is -0.346 e. The zero-order valence-electron chi connectivity index (χ0n) is 11.6. The summed E-state index contributed by atoms with van der Waals surface area (Å²) in [6, 6.07) is 0. The van der Waals surface area contributed by atoms with Crippen LogP contribution in [0.4, 0.5) is 5.13 Å². The topological polar surface area (TPSA) is 41.0 Å². The van der Waals surface area contributed by atoms with Crippen LogP contribution in [0.1, 0.15) is 40.4 Å². The maximum absolute atomic E-state index is 4.64. The maximum atomic E-state index is 4.64. The average Bonchev–Trinajstić information content (AvgIpc) is 2.73. The van der Waals surface area contributed by atoms with Gasteiger partial charge < -0.3 is 10.2 Å². The van der Waals surface area contributed by atoms with Crippen molar-refractivity contribution in [3.8, 4) is 0 Å². The van der Waals surface area contributed by atoms with E-state index in [1.165, 1.54) is 11.5 Å². The van der Waals surface area contributed by atoms with Gasteiger partial charge in [-0.15, -0.1) is 0 Å². The van der Waals surface area contributed by atoms with Gasteiger partial charge in [0.25, 0.3) is 0 Å². The van der Waals surface area contributed by atoms with Crippen LogP contribution in [0.2, 0.25) is 0 Å². The number of aromatic nitrogens is 2. The summed E-state index contributed by atoms with van der Waals surface area (Å²) in [5, 5.41) is 4.37. The minimum atomic E-state index is 0.0375. The van der Waals surface area contributed by atoms with Crippen molar-refractivity contribution in [2.24, 2.45) is 0 Å². The van der Waals surface area contributed by atoms with Gasteiger partial charge in [0.2, 0.25) is 5.13 Å². The zero-order valence-corrected chi connectivity index (χ0v) is 12.4. The highest BCUT2D eigenvalue weighted by atomic mass is 32.1. The Morgan fingerprint density at radius 1 is 1.29 bits per heavy atom. The van der Waals surface area contributed by atoms with Gasteiger partial charge in [-0.05, 0) is 13.5 Å². The third kappa shape index (κ3) is 4.24. The summed E-state index contributed by atoms with van der Waals surface area (Å²) in [7, 11) is 0. The fourth-order valence-corrected chi connectivity index (χ4v) is 2.37. The van der Waals surface area contributed by atoms with Gasteiger partial charge in [0.05, 0.1) is 0 Å². The molecule has 0 spiro atoms. The number of nitrogens with zero attached hydrogens (tertiary/aromatic N) is 3. The van der Waals surface area contributed by atoms with E-state index >= 15 is 0 Å². The lowest BCUT2D eigenvalue weighted by molar-refractivity contribution is 0.554. The van der Waals surface area contributed by atoms with Gasteiger partial charge in [-0.1, -0.05) is 27.7 Å². The fourth-order valence-electron chi connectivity index (χ4n) is 1.43. The number of rotatable bonds is 6. The van der Waals surface area contributed by atoms with Crippen LogP contribution < -0.4 is 10.2 Å². The quantitative estimate of drug-likeness (QED) is 0.793. The first-order valence-corrected chi connectivity index (χ1v) is 7.06. The first-order chi connectivity index (χ1) is 7.99. The summed E-state index contributed by atoms with van der Waals surface area (Å²) in [6.45, 7) is 14.7. The zero-order chi connectivity index (χ0) is 12.9. The molecule has 17 heavy (non-hydrogen) atoms. The van der Waals surface area contributed by atoms with Crippen molar-refractivity contribution in [1.82, 2.24) is 14.7 Å². The van der Waals surface area contributed by atoms with Gasteiger partial charge in [-0.25, -0.2) is 4.98 Å². The van der Waals surface area contributed by atoms with E-state index in [1.54, 1.807) is 0 Å². The van der Waals surface area contributed by atoms with Crippen molar-refractivity contribution in [2.75, 3.05) is 31.1 Å². The smallest absolute Gasteiger partial charge is 0.205 e. The summed E-state index contributed by atoms with van der Waals surface area (Å²) in [5.41, 5.74) is 0.0375. The molecule has 0 saturated heterocycles. The second-order valence-electron chi connectivity index (χ2n) is 5.08. The summed E-state index contributed by atoms with van der Waals surface area (Å²) in [4.78, 5) is 6.91. The molecule has 0 aliphatic carbocycles. The number of nitrogens with one attached hydrogen (secondary N) is 1. The fraction of sp³-hybridized carbons (Fsp3) is 0.833. The second kappa shape index (κ2) is 6.31. The lowest BCUT2D eigenvalue weighted by Crippen LogP contribution is -2.32. The molecule has 1 heterocycles. The molecule has 4 nitrogen and oxygen atoms in total. The number of anilines is 1. The molecule has 0 aromatic carbocycles. The lowest BCUT2D eigenvalue weighted by Gasteiger charge is -2.19. The monoisotopic (exact) mass is 256 g/mol. The average molecular weight is 256 g/mol. The van der Waals surface area contributed by atoms with Crippen LogP contribution in [0.15, 0.2) is 0 Å². The van der Waals surface area contributed by atoms with Crippen LogP contribution in [0, 0.1) is 0 Å². The molecule has 1 aromatic heterocycles. The molecule has 1 aromatic rings. The first-order valence-electron chi connectivity index (χ1n) is 6.28. The van der Waals surface area contributed by atoms with Crippen molar-refractivity contribution in [1.29, 1.82) is 0 Å². The molecule has 0 bridgehead atoms. The first kappa shape index (κ1) is 14.4. The molecule has 1 rings (SSSR count). The van der Waals surface area contributed by atoms with E-state index in [0.29, 0.717) is 0 Å². The molecule has 98 valence electrons. The molecule has 0 unspecified atom stereocenters. The molecule has 0 amide bonds. The Balaban J connectivity index is 2.66. The highest BCUT2D eigenvalue weighted by Gasteiger charge is 2.21. The van der Waals surface area contributed by atoms with E-state index < -0.39 is 0 Å². The van der Waals surface area contributed by atoms with Crippen LogP contribution in [-0.2, 0) is 5.41 Å². The van der Waals surface area contributed by atoms with Crippen molar-refractivity contribution in [3.05, 3.63) is 5.82 Å². The van der Waals surface area contributed by atoms with Crippen LogP contribution in [0.3, 0.4) is 0 Å². The van der Waals surface area contributed by atoms with Crippen molar-refractivity contribution in [2.45, 2.75) is 40.0 Å². The Bertz CT molecular complexity index is 329. The normalized spacial score (nSPS) is 11.8. The van der Waals surface area contributed by atoms with E-state index in [2.05, 4.69) is 54.2 Å². The SMILES string of the molecule is CCNCCN(CC)c1nc(C(C)(C)C)ns1. The van der Waals surface area contributed by atoms with Crippen molar-refractivity contribution < 1.29 is 0 Å². The standard InChI is InChI=1S/C12H24N4S/c1-6-13-8-9-16(7-2)11-14-10(15-17-11)12(3,4)5/h13H,6-9H2,1-5H3. The molecule has 0 fully saturated rings. The number of hydrogen-bond donors (Lipinski definition) is 1. The van der Waals surface area contributed by atoms with Crippen LogP contribution in [-0.4, -0.2) is 35.5 Å². The van der Waals surface area contributed by atoms with E-state index in [4.69, 9.17) is 0 Å². The predicted molar refractivity (Wildman–Crippen MR) is 75.0 cm³/mol. The largest absolute Gasteiger partial charge is 0.346 e. The van der Waals surface area contributed by atoms with Gasteiger partial charge in [0.15, 0.2) is 0 Å². The van der Waals surface area contributed by atoms with E-state index in [-0.39, 0.29) is 5.41 Å². The lowest BCUT2D eigenvalue weighted by atomic mass is 9.96. The Morgan fingerprint density at radius 3 is 2.47 bits per heavy atom. The van der Waals surface area contributed by atoms with E-state index in [1.807, 2.05) is 0 Å². The summed E-state index contributed by atoms with van der Waals surface area (Å²) in [6.07, 6.45) is 0. The third-order valence-corrected chi connectivity index (χ3v) is 3.32. The van der Waals surface area contributed by atoms with Crippen LogP contribution in [0.5, 0.6) is 0 Å². The molecule has 0 atom stereocenters. The van der Waals surface area contributed by atoms with Crippen molar-refractivity contribution >= 4 is 16.7 Å². The number of hydrogen-bond acceptors (Lipinski definition) is 5. The highest BCUT2D eigenvalue weighted by molar-refractivity contribution is 7.09. The Labute approximate surface area is 109 Å². The highest BCUT2D eigenvalue weighted by Crippen LogP contribution is 2.24. The summed E-state index contributed by atoms with van der Waals surface area (Å²) < 4.78 is 4.45. The van der Waals surface area contributed by atoms with Gasteiger partial charge in [0.1, 0.15) is 5.82 Å². The Morgan fingerprint density at radius 2 is 2.00 bits per heavy atom. The van der Waals surface area contributed by atoms with Gasteiger partial charge in [0, 0.05) is 36.6 Å². The number of likely N-dealkylation sites (N-methyl/N-ethyl adjacent to an activating group) is 2. The predicted octanol–water partition coefficient (Wildman–Crippen LogP) is 2.27. The van der Waals surface area contributed by atoms with E-state index in [9.17, 15) is 0 Å². The Hall–Kier alpha value is -0.680. The molecule has 0 aliphatic heterocycles. The molecule has 0 saturated carbocycles. The molecule has 5 heteroatoms. The summed E-state index contributed by atoms with van der Waals surface area (Å²) in [5.74, 6) is 0.944. The molecule has 0 radical (unpaired) electrons. The van der Waals surface area contributed by atoms with Crippen molar-refractivity contribution in [3.63, 3.8) is 0 Å². The minimum absolute atomic E-state index is 0.0375. The van der Waals surface area contributed by atoms with Gasteiger partial charge in [-0.3, -0.25) is 0 Å². The molecule has 0 aliphatic rings. The molecular weight excluding hydrogens is 232 g/mol. The van der Waals surface area contributed by atoms with Crippen LogP contribution >= 0.6 is 11.5 Å². The third-order valence-electron chi connectivity index (χ3n) is 2.55. The van der Waals surface area contributed by atoms with Gasteiger partial charge >= 0.3 is 0 Å². The molecular formula is C12H24N4S. The van der Waals surface area contributed by atoms with Gasteiger partial charge in [-0.2, -0.15) is 4.37 Å². The second-order valence-corrected chi connectivity index (χ2v) is 5.81. The van der Waals surface area contributed by atoms with Crippen LogP contribution in [0.25, 0.3) is 0 Å². The Kier molecular flexibility index (Phi) is 5.33. The maximum Gasteiger partial charge on any atom is 0.205 e. The molecule has 1 N–H and O–H groups in total. The van der Waals surface area contributed by atoms with E-state index in [0.717, 1.165) is 37.1 Å².